The van der Waals surface area contributed by atoms with Crippen LogP contribution in [0.2, 0.25) is 0 Å². The van der Waals surface area contributed by atoms with Gasteiger partial charge in [-0.25, -0.2) is 4.98 Å². The first-order valence-corrected chi connectivity index (χ1v) is 11.3. The van der Waals surface area contributed by atoms with Crippen LogP contribution in [0.4, 0.5) is 5.82 Å². The molecule has 2 aromatic heterocycles. The lowest BCUT2D eigenvalue weighted by Gasteiger charge is -2.26. The molecule has 1 aliphatic rings. The molecule has 3 heterocycles. The van der Waals surface area contributed by atoms with E-state index in [1.165, 1.54) is 20.5 Å². The summed E-state index contributed by atoms with van der Waals surface area (Å²) in [6.45, 7) is 6.72. The number of benzene rings is 1. The zero-order valence-corrected chi connectivity index (χ0v) is 18.8. The molecule has 162 valence electrons. The molecule has 0 atom stereocenters. The Labute approximate surface area is 186 Å². The number of nitrogen functional groups attached to an aromatic ring is 1. The molecule has 0 bridgehead atoms. The second-order valence-corrected chi connectivity index (χ2v) is 9.01. The van der Waals surface area contributed by atoms with Crippen LogP contribution in [0, 0.1) is 6.92 Å². The number of rotatable bonds is 6. The van der Waals surface area contributed by atoms with Gasteiger partial charge in [-0.3, -0.25) is 9.69 Å². The lowest BCUT2D eigenvalue weighted by molar-refractivity contribution is -0.125. The number of morpholine rings is 1. The number of carbonyl (C=O) groups excluding carboxylic acids is 1. The van der Waals surface area contributed by atoms with Crippen LogP contribution >= 0.6 is 11.3 Å². The summed E-state index contributed by atoms with van der Waals surface area (Å²) < 4.78 is 6.66. The summed E-state index contributed by atoms with van der Waals surface area (Å²) in [5.41, 5.74) is 9.18. The normalized spacial score (nSPS) is 15.0. The molecule has 0 aliphatic carbocycles. The molecule has 0 spiro atoms. The summed E-state index contributed by atoms with van der Waals surface area (Å²) in [5, 5.41) is 1.26. The number of hydrogen-bond acceptors (Lipinski definition) is 6. The zero-order chi connectivity index (χ0) is 21.8. The van der Waals surface area contributed by atoms with Gasteiger partial charge in [0.25, 0.3) is 0 Å². The first-order chi connectivity index (χ1) is 15.0. The van der Waals surface area contributed by atoms with Gasteiger partial charge in [0.1, 0.15) is 5.82 Å². The molecule has 2 N–H and O–H groups in total. The van der Waals surface area contributed by atoms with Crippen LogP contribution in [0.25, 0.3) is 16.2 Å². The van der Waals surface area contributed by atoms with Crippen molar-refractivity contribution in [3.8, 4) is 0 Å². The van der Waals surface area contributed by atoms with E-state index in [-0.39, 0.29) is 5.91 Å². The summed E-state index contributed by atoms with van der Waals surface area (Å²) in [7, 11) is 1.83. The molecule has 1 aliphatic heterocycles. The average Bonchev–Trinajstić information content (AvgIpc) is 3.10. The number of fused-ring (bicyclic) bond motifs is 1. The van der Waals surface area contributed by atoms with Gasteiger partial charge in [0, 0.05) is 54.1 Å². The molecule has 3 aromatic rings. The maximum absolute atomic E-state index is 12.7. The zero-order valence-electron chi connectivity index (χ0n) is 18.0. The number of anilines is 1. The Bertz CT molecular complexity index is 1100. The fourth-order valence-corrected chi connectivity index (χ4v) is 4.99. The van der Waals surface area contributed by atoms with Gasteiger partial charge in [-0.15, -0.1) is 11.3 Å². The summed E-state index contributed by atoms with van der Waals surface area (Å²) in [4.78, 5) is 22.3. The van der Waals surface area contributed by atoms with Gasteiger partial charge < -0.3 is 15.4 Å². The lowest BCUT2D eigenvalue weighted by atomic mass is 10.1. The number of thiophene rings is 1. The van der Waals surface area contributed by atoms with Crippen molar-refractivity contribution in [2.45, 2.75) is 20.0 Å². The van der Waals surface area contributed by atoms with E-state index < -0.39 is 0 Å². The van der Waals surface area contributed by atoms with Crippen LogP contribution in [0.5, 0.6) is 0 Å². The number of ether oxygens (including phenoxy) is 1. The van der Waals surface area contributed by atoms with Gasteiger partial charge in [-0.2, -0.15) is 0 Å². The van der Waals surface area contributed by atoms with Gasteiger partial charge in [-0.1, -0.05) is 18.2 Å². The molecule has 1 fully saturated rings. The minimum absolute atomic E-state index is 0.0385. The fraction of sp³-hybridized carbons (Fsp3) is 0.333. The van der Waals surface area contributed by atoms with Crippen molar-refractivity contribution in [1.82, 2.24) is 14.8 Å². The van der Waals surface area contributed by atoms with Crippen LogP contribution in [0.1, 0.15) is 21.6 Å². The topological polar surface area (TPSA) is 71.7 Å². The van der Waals surface area contributed by atoms with Gasteiger partial charge in [0.2, 0.25) is 5.91 Å². The number of amides is 1. The van der Waals surface area contributed by atoms with Crippen LogP contribution in [0.3, 0.4) is 0 Å². The summed E-state index contributed by atoms with van der Waals surface area (Å²) in [6, 6.07) is 10.4. The number of aromatic nitrogens is 1. The minimum atomic E-state index is -0.0385. The van der Waals surface area contributed by atoms with Crippen molar-refractivity contribution < 1.29 is 9.53 Å². The highest BCUT2D eigenvalue weighted by atomic mass is 32.1. The predicted molar refractivity (Wildman–Crippen MR) is 127 cm³/mol. The first-order valence-electron chi connectivity index (χ1n) is 10.5. The molecule has 0 saturated carbocycles. The Balaban J connectivity index is 1.41. The maximum Gasteiger partial charge on any atom is 0.246 e. The summed E-state index contributed by atoms with van der Waals surface area (Å²) in [6.07, 6.45) is 5.12. The van der Waals surface area contributed by atoms with Crippen molar-refractivity contribution >= 4 is 39.2 Å². The van der Waals surface area contributed by atoms with Gasteiger partial charge in [-0.05, 0) is 41.6 Å². The Morgan fingerprint density at radius 1 is 1.32 bits per heavy atom. The van der Waals surface area contributed by atoms with Crippen molar-refractivity contribution in [1.29, 1.82) is 0 Å². The molecule has 6 nitrogen and oxygen atoms in total. The number of carbonyl (C=O) groups is 1. The number of pyridine rings is 1. The van der Waals surface area contributed by atoms with Gasteiger partial charge in [0.05, 0.1) is 19.8 Å². The third-order valence-corrected chi connectivity index (χ3v) is 6.90. The number of nitrogens with two attached hydrogens (primary N) is 1. The summed E-state index contributed by atoms with van der Waals surface area (Å²) in [5.74, 6) is 0.496. The molecule has 1 aromatic carbocycles. The van der Waals surface area contributed by atoms with E-state index in [2.05, 4.69) is 35.0 Å². The molecule has 31 heavy (non-hydrogen) atoms. The van der Waals surface area contributed by atoms with Crippen LogP contribution in [0.15, 0.2) is 42.6 Å². The third-order valence-electron chi connectivity index (χ3n) is 5.64. The lowest BCUT2D eigenvalue weighted by Crippen LogP contribution is -2.35. The van der Waals surface area contributed by atoms with E-state index in [4.69, 9.17) is 10.5 Å². The van der Waals surface area contributed by atoms with Gasteiger partial charge in [0.15, 0.2) is 0 Å². The maximum atomic E-state index is 12.7. The molecule has 0 radical (unpaired) electrons. The second kappa shape index (κ2) is 9.60. The van der Waals surface area contributed by atoms with Crippen molar-refractivity contribution in [3.05, 3.63) is 64.2 Å². The second-order valence-electron chi connectivity index (χ2n) is 7.88. The monoisotopic (exact) mass is 436 g/mol. The quantitative estimate of drug-likeness (QED) is 0.597. The van der Waals surface area contributed by atoms with E-state index in [1.54, 1.807) is 28.5 Å². The molecule has 7 heteroatoms. The SMILES string of the molecule is Cc1c(CN(C)C(=O)/C=C/c2cnc(N)c(CN3CCOCC3)c2)sc2ccccc12. The van der Waals surface area contributed by atoms with Crippen LogP contribution in [-0.2, 0) is 22.6 Å². The highest BCUT2D eigenvalue weighted by molar-refractivity contribution is 7.19. The number of hydrogen-bond donors (Lipinski definition) is 1. The Morgan fingerprint density at radius 3 is 2.87 bits per heavy atom. The standard InChI is InChI=1S/C24H28N4O2S/c1-17-20-5-3-4-6-21(20)31-22(17)16-27(2)23(29)8-7-18-13-19(24(25)26-14-18)15-28-9-11-30-12-10-28/h3-8,13-14H,9-12,15-16H2,1-2H3,(H2,25,26)/b8-7+. The van der Waals surface area contributed by atoms with Crippen LogP contribution in [-0.4, -0.2) is 54.0 Å². The van der Waals surface area contributed by atoms with E-state index in [0.717, 1.165) is 44.0 Å². The smallest absolute Gasteiger partial charge is 0.246 e. The van der Waals surface area contributed by atoms with Crippen LogP contribution < -0.4 is 5.73 Å². The van der Waals surface area contributed by atoms with Crippen molar-refractivity contribution in [2.24, 2.45) is 0 Å². The molecular weight excluding hydrogens is 408 g/mol. The highest BCUT2D eigenvalue weighted by Gasteiger charge is 2.14. The van der Waals surface area contributed by atoms with E-state index >= 15 is 0 Å². The molecule has 1 amide bonds. The fourth-order valence-electron chi connectivity index (χ4n) is 3.72. The number of likely N-dealkylation sites (N-methyl/N-ethyl adjacent to an activating group) is 1. The molecular formula is C24H28N4O2S. The Hall–Kier alpha value is -2.74. The predicted octanol–water partition coefficient (Wildman–Crippen LogP) is 3.69. The van der Waals surface area contributed by atoms with Crippen molar-refractivity contribution in [3.63, 3.8) is 0 Å². The van der Waals surface area contributed by atoms with Gasteiger partial charge >= 0.3 is 0 Å². The Morgan fingerprint density at radius 2 is 2.10 bits per heavy atom. The summed E-state index contributed by atoms with van der Waals surface area (Å²) >= 11 is 1.75. The molecule has 1 saturated heterocycles. The first kappa shape index (κ1) is 21.5. The van der Waals surface area contributed by atoms with E-state index in [0.29, 0.717) is 12.4 Å². The highest BCUT2D eigenvalue weighted by Crippen LogP contribution is 2.31. The third kappa shape index (κ3) is 5.12. The molecule has 4 rings (SSSR count). The molecule has 0 unspecified atom stereocenters. The van der Waals surface area contributed by atoms with E-state index in [9.17, 15) is 4.79 Å². The number of nitrogens with zero attached hydrogens (tertiary/aromatic N) is 3. The van der Waals surface area contributed by atoms with E-state index in [1.807, 2.05) is 25.3 Å². The average molecular weight is 437 g/mol. The minimum Gasteiger partial charge on any atom is -0.383 e. The Kier molecular flexibility index (Phi) is 6.65. The van der Waals surface area contributed by atoms with Crippen molar-refractivity contribution in [2.75, 3.05) is 39.1 Å². The number of aryl methyl sites for hydroxylation is 1. The largest absolute Gasteiger partial charge is 0.383 e.